The molecule has 1 saturated heterocycles. The van der Waals surface area contributed by atoms with E-state index in [1.165, 1.54) is 44.6 Å². The minimum absolute atomic E-state index is 0.0117. The average molecular weight is 394 g/mol. The Kier molecular flexibility index (Phi) is 4.00. The molecule has 2 aromatic rings. The molecule has 0 saturated carbocycles. The number of methoxy groups -OCH3 is 2. The third kappa shape index (κ3) is 2.32. The van der Waals surface area contributed by atoms with Crippen LogP contribution in [0.5, 0.6) is 11.5 Å². The molecule has 1 heterocycles. The third-order valence-electron chi connectivity index (χ3n) is 4.96. The van der Waals surface area contributed by atoms with Crippen LogP contribution in [0.3, 0.4) is 0 Å². The van der Waals surface area contributed by atoms with Gasteiger partial charge in [-0.2, -0.15) is 0 Å². The average Bonchev–Trinajstić information content (AvgIpc) is 3.13. The lowest BCUT2D eigenvalue weighted by Gasteiger charge is -2.20. The second kappa shape index (κ2) is 6.30. The van der Waals surface area contributed by atoms with Crippen LogP contribution in [-0.4, -0.2) is 48.2 Å². The first kappa shape index (κ1) is 18.4. The molecule has 146 valence electrons. The second-order valence-electron chi connectivity index (χ2n) is 6.40. The number of ketones is 3. The van der Waals surface area contributed by atoms with Gasteiger partial charge in [-0.05, 0) is 18.2 Å². The van der Waals surface area contributed by atoms with E-state index in [9.17, 15) is 24.3 Å². The molecular formula is C21H14O8. The van der Waals surface area contributed by atoms with E-state index in [2.05, 4.69) is 0 Å². The molecule has 0 atom stereocenters. The molecular weight excluding hydrogens is 380 g/mol. The lowest BCUT2D eigenvalue weighted by molar-refractivity contribution is -0.149. The van der Waals surface area contributed by atoms with Crippen molar-refractivity contribution >= 4 is 29.1 Å². The molecule has 2 aliphatic rings. The van der Waals surface area contributed by atoms with Crippen LogP contribution >= 0.6 is 0 Å². The summed E-state index contributed by atoms with van der Waals surface area (Å²) in [5, 5.41) is 10.9. The summed E-state index contributed by atoms with van der Waals surface area (Å²) < 4.78 is 15.3. The van der Waals surface area contributed by atoms with Crippen LogP contribution in [0.1, 0.15) is 26.3 Å². The van der Waals surface area contributed by atoms with Crippen molar-refractivity contribution in [1.29, 1.82) is 0 Å². The fourth-order valence-electron chi connectivity index (χ4n) is 3.58. The molecule has 0 radical (unpaired) electrons. The first-order valence-electron chi connectivity index (χ1n) is 8.49. The zero-order valence-electron chi connectivity index (χ0n) is 15.3. The summed E-state index contributed by atoms with van der Waals surface area (Å²) in [7, 11) is 2.80. The Morgan fingerprint density at radius 2 is 1.48 bits per heavy atom. The van der Waals surface area contributed by atoms with Crippen LogP contribution < -0.4 is 9.47 Å². The minimum atomic E-state index is -2.53. The van der Waals surface area contributed by atoms with Gasteiger partial charge in [-0.25, -0.2) is 4.79 Å². The van der Waals surface area contributed by atoms with Gasteiger partial charge in [-0.3, -0.25) is 14.4 Å². The molecule has 1 spiro atoms. The molecule has 8 heteroatoms. The Balaban J connectivity index is 1.97. The molecule has 8 nitrogen and oxygen atoms in total. The summed E-state index contributed by atoms with van der Waals surface area (Å²) in [6.07, 6.45) is 0. The van der Waals surface area contributed by atoms with Gasteiger partial charge >= 0.3 is 5.97 Å². The van der Waals surface area contributed by atoms with Gasteiger partial charge in [0.05, 0.1) is 14.2 Å². The maximum absolute atomic E-state index is 13.1. The van der Waals surface area contributed by atoms with E-state index in [1.54, 1.807) is 12.1 Å². The van der Waals surface area contributed by atoms with Crippen LogP contribution in [0.2, 0.25) is 0 Å². The number of rotatable bonds is 3. The van der Waals surface area contributed by atoms with E-state index in [4.69, 9.17) is 14.2 Å². The van der Waals surface area contributed by atoms with E-state index in [0.29, 0.717) is 5.75 Å². The predicted octanol–water partition coefficient (Wildman–Crippen LogP) is 1.92. The maximum atomic E-state index is 13.1. The first-order valence-corrected chi connectivity index (χ1v) is 8.49. The third-order valence-corrected chi connectivity index (χ3v) is 4.96. The Hall–Kier alpha value is -3.94. The summed E-state index contributed by atoms with van der Waals surface area (Å²) in [6, 6.07) is 10.1. The normalized spacial score (nSPS) is 18.7. The number of hydrogen-bond acceptors (Lipinski definition) is 8. The summed E-state index contributed by atoms with van der Waals surface area (Å²) in [4.78, 5) is 50.7. The highest BCUT2D eigenvalue weighted by Gasteiger charge is 2.67. The van der Waals surface area contributed by atoms with Crippen molar-refractivity contribution in [3.05, 3.63) is 64.7 Å². The van der Waals surface area contributed by atoms with Crippen molar-refractivity contribution in [2.24, 2.45) is 0 Å². The zero-order chi connectivity index (χ0) is 20.9. The Labute approximate surface area is 164 Å². The summed E-state index contributed by atoms with van der Waals surface area (Å²) in [5.74, 6) is -4.53. The number of hydrogen-bond donors (Lipinski definition) is 1. The maximum Gasteiger partial charge on any atom is 0.381 e. The number of aliphatic hydroxyl groups is 1. The molecule has 1 fully saturated rings. The Bertz CT molecular complexity index is 1110. The van der Waals surface area contributed by atoms with E-state index in [-0.39, 0.29) is 22.4 Å². The predicted molar refractivity (Wildman–Crippen MR) is 98.0 cm³/mol. The highest BCUT2D eigenvalue weighted by Crippen LogP contribution is 2.45. The topological polar surface area (TPSA) is 116 Å². The van der Waals surface area contributed by atoms with E-state index < -0.39 is 40.3 Å². The SMILES string of the molecule is COc1ccc(C(O)=C2C(=O)C(=O)OC23C(=O)c2ccccc2C3=O)cc1OC. The molecule has 0 aromatic heterocycles. The van der Waals surface area contributed by atoms with Crippen molar-refractivity contribution in [3.63, 3.8) is 0 Å². The van der Waals surface area contributed by atoms with Gasteiger partial charge in [0, 0.05) is 16.7 Å². The molecule has 2 aromatic carbocycles. The summed E-state index contributed by atoms with van der Waals surface area (Å²) >= 11 is 0. The van der Waals surface area contributed by atoms with Crippen LogP contribution in [0.4, 0.5) is 0 Å². The summed E-state index contributed by atoms with van der Waals surface area (Å²) in [5.41, 5.74) is -3.17. The van der Waals surface area contributed by atoms with Crippen molar-refractivity contribution in [2.45, 2.75) is 5.60 Å². The highest BCUT2D eigenvalue weighted by atomic mass is 16.6. The smallest absolute Gasteiger partial charge is 0.381 e. The van der Waals surface area contributed by atoms with Crippen LogP contribution in [0.25, 0.3) is 5.76 Å². The molecule has 29 heavy (non-hydrogen) atoms. The monoisotopic (exact) mass is 394 g/mol. The van der Waals surface area contributed by atoms with Crippen molar-refractivity contribution < 1.29 is 38.5 Å². The molecule has 1 aliphatic heterocycles. The lowest BCUT2D eigenvalue weighted by atomic mass is 9.85. The Morgan fingerprint density at radius 1 is 0.897 bits per heavy atom. The van der Waals surface area contributed by atoms with E-state index in [1.807, 2.05) is 0 Å². The molecule has 4 rings (SSSR count). The largest absolute Gasteiger partial charge is 0.507 e. The number of esters is 1. The number of ether oxygens (including phenoxy) is 3. The number of carbonyl (C=O) groups excluding carboxylic acids is 4. The van der Waals surface area contributed by atoms with Gasteiger partial charge in [0.15, 0.2) is 11.5 Å². The number of benzene rings is 2. The Morgan fingerprint density at radius 3 is 2.03 bits per heavy atom. The van der Waals surface area contributed by atoms with Crippen LogP contribution in [0, 0.1) is 0 Å². The van der Waals surface area contributed by atoms with Crippen molar-refractivity contribution in [2.75, 3.05) is 14.2 Å². The lowest BCUT2D eigenvalue weighted by Crippen LogP contribution is -2.43. The van der Waals surface area contributed by atoms with Gasteiger partial charge in [-0.1, -0.05) is 24.3 Å². The molecule has 0 bridgehead atoms. The van der Waals surface area contributed by atoms with Crippen molar-refractivity contribution in [1.82, 2.24) is 0 Å². The van der Waals surface area contributed by atoms with Gasteiger partial charge < -0.3 is 19.3 Å². The minimum Gasteiger partial charge on any atom is -0.507 e. The second-order valence-corrected chi connectivity index (χ2v) is 6.40. The quantitative estimate of drug-likeness (QED) is 0.276. The number of fused-ring (bicyclic) bond motifs is 1. The molecule has 1 aliphatic carbocycles. The van der Waals surface area contributed by atoms with Gasteiger partial charge in [-0.15, -0.1) is 0 Å². The van der Waals surface area contributed by atoms with E-state index in [0.717, 1.165) is 0 Å². The zero-order valence-corrected chi connectivity index (χ0v) is 15.3. The van der Waals surface area contributed by atoms with Crippen LogP contribution in [0.15, 0.2) is 48.0 Å². The van der Waals surface area contributed by atoms with Gasteiger partial charge in [0.25, 0.3) is 11.4 Å². The van der Waals surface area contributed by atoms with E-state index >= 15 is 0 Å². The molecule has 0 amide bonds. The number of aliphatic hydroxyl groups excluding tert-OH is 1. The fourth-order valence-corrected chi connectivity index (χ4v) is 3.58. The fraction of sp³-hybridized carbons (Fsp3) is 0.143. The number of carbonyl (C=O) groups is 4. The van der Waals surface area contributed by atoms with Crippen LogP contribution in [-0.2, 0) is 14.3 Å². The highest BCUT2D eigenvalue weighted by molar-refractivity contribution is 6.52. The molecule has 0 unspecified atom stereocenters. The van der Waals surface area contributed by atoms with Gasteiger partial charge in [0.2, 0.25) is 11.6 Å². The summed E-state index contributed by atoms with van der Waals surface area (Å²) in [6.45, 7) is 0. The number of Topliss-reactive ketones (excluding diaryl/α,β-unsaturated/α-hetero) is 3. The first-order chi connectivity index (χ1) is 13.9. The standard InChI is InChI=1S/C21H14O8/c1-27-13-8-7-10(9-14(13)28-2)16(22)15-17(23)20(26)29-21(15)18(24)11-5-3-4-6-12(11)19(21)25/h3-9,22H,1-2H3. The molecule has 1 N–H and O–H groups in total. The van der Waals surface area contributed by atoms with Gasteiger partial charge in [0.1, 0.15) is 11.3 Å². The van der Waals surface area contributed by atoms with Crippen molar-refractivity contribution in [3.8, 4) is 11.5 Å².